The highest BCUT2D eigenvalue weighted by Crippen LogP contribution is 2.19. The monoisotopic (exact) mass is 281 g/mol. The first kappa shape index (κ1) is 16.5. The van der Waals surface area contributed by atoms with Gasteiger partial charge in [0.05, 0.1) is 0 Å². The van der Waals surface area contributed by atoms with E-state index >= 15 is 0 Å². The molecule has 19 heavy (non-hydrogen) atoms. The lowest BCUT2D eigenvalue weighted by Crippen LogP contribution is -2.18. The molecule has 0 fully saturated rings. The van der Waals surface area contributed by atoms with Crippen molar-refractivity contribution in [2.24, 2.45) is 5.92 Å². The fraction of sp³-hybridized carbons (Fsp3) is 0.625. The molecule has 0 saturated heterocycles. The molecule has 0 aliphatic carbocycles. The van der Waals surface area contributed by atoms with Gasteiger partial charge in [-0.3, -0.25) is 0 Å². The van der Waals surface area contributed by atoms with Crippen molar-refractivity contribution < 1.29 is 4.74 Å². The first-order chi connectivity index (χ1) is 9.22. The molecule has 0 heterocycles. The number of unbranched alkanes of at least 4 members (excludes halogenated alkanes) is 1. The second-order valence-electron chi connectivity index (χ2n) is 5.22. The Morgan fingerprint density at radius 2 is 1.89 bits per heavy atom. The van der Waals surface area contributed by atoms with Gasteiger partial charge in [-0.2, -0.15) is 0 Å². The molecule has 0 aromatic heterocycles. The Bertz CT molecular complexity index is 324. The highest BCUT2D eigenvalue weighted by Gasteiger charge is 1.97. The van der Waals surface area contributed by atoms with E-state index in [9.17, 15) is 0 Å². The van der Waals surface area contributed by atoms with Crippen LogP contribution in [0.2, 0.25) is 0 Å². The topological polar surface area (TPSA) is 21.3 Å². The maximum atomic E-state index is 5.05. The number of hydrogen-bond acceptors (Lipinski definition) is 3. The van der Waals surface area contributed by atoms with Crippen LogP contribution in [0.5, 0.6) is 0 Å². The number of ether oxygens (including phenoxy) is 1. The molecule has 1 N–H and O–H groups in total. The van der Waals surface area contributed by atoms with Gasteiger partial charge >= 0.3 is 0 Å². The third-order valence-electron chi connectivity index (χ3n) is 2.82. The van der Waals surface area contributed by atoms with Crippen molar-refractivity contribution in [3.8, 4) is 0 Å². The molecule has 108 valence electrons. The number of nitrogens with one attached hydrogen (secondary N) is 1. The van der Waals surface area contributed by atoms with E-state index in [1.165, 1.54) is 22.6 Å². The van der Waals surface area contributed by atoms with Crippen molar-refractivity contribution in [2.45, 2.75) is 38.1 Å². The minimum Gasteiger partial charge on any atom is -0.385 e. The Balaban J connectivity index is 2.19. The molecule has 0 saturated carbocycles. The summed E-state index contributed by atoms with van der Waals surface area (Å²) in [6, 6.07) is 8.91. The summed E-state index contributed by atoms with van der Waals surface area (Å²) in [4.78, 5) is 1.37. The predicted molar refractivity (Wildman–Crippen MR) is 84.8 cm³/mol. The van der Waals surface area contributed by atoms with Crippen LogP contribution in [-0.2, 0) is 11.3 Å². The van der Waals surface area contributed by atoms with Crippen molar-refractivity contribution in [1.82, 2.24) is 5.32 Å². The smallest absolute Gasteiger partial charge is 0.0462 e. The van der Waals surface area contributed by atoms with Gasteiger partial charge in [0.25, 0.3) is 0 Å². The zero-order chi connectivity index (χ0) is 13.9. The van der Waals surface area contributed by atoms with Crippen LogP contribution < -0.4 is 5.32 Å². The van der Waals surface area contributed by atoms with Crippen LogP contribution in [0.1, 0.15) is 32.3 Å². The number of hydrogen-bond donors (Lipinski definition) is 1. The third kappa shape index (κ3) is 8.30. The van der Waals surface area contributed by atoms with E-state index in [1.54, 1.807) is 7.11 Å². The summed E-state index contributed by atoms with van der Waals surface area (Å²) in [5.74, 6) is 1.89. The molecule has 0 aliphatic rings. The Labute approximate surface area is 122 Å². The largest absolute Gasteiger partial charge is 0.385 e. The van der Waals surface area contributed by atoms with Gasteiger partial charge in [0.1, 0.15) is 0 Å². The Kier molecular flexibility index (Phi) is 8.97. The number of benzene rings is 1. The Hall–Kier alpha value is -0.510. The van der Waals surface area contributed by atoms with Gasteiger partial charge in [0.2, 0.25) is 0 Å². The van der Waals surface area contributed by atoms with Crippen LogP contribution in [0, 0.1) is 5.92 Å². The van der Waals surface area contributed by atoms with Gasteiger partial charge in [-0.05, 0) is 48.8 Å². The fourth-order valence-corrected chi connectivity index (χ4v) is 2.66. The molecule has 1 aromatic rings. The standard InChI is InChI=1S/C16H27NOS/c1-14(2)12-17-13-15-6-8-16(9-7-15)19-11-5-4-10-18-3/h6-9,14,17H,4-5,10-13H2,1-3H3. The normalized spacial score (nSPS) is 11.2. The third-order valence-corrected chi connectivity index (χ3v) is 3.91. The molecule has 1 aromatic carbocycles. The Morgan fingerprint density at radius 3 is 2.53 bits per heavy atom. The van der Waals surface area contributed by atoms with Gasteiger partial charge in [0, 0.05) is 25.2 Å². The molecule has 2 nitrogen and oxygen atoms in total. The zero-order valence-corrected chi connectivity index (χ0v) is 13.3. The minimum absolute atomic E-state index is 0.710. The first-order valence-electron chi connectivity index (χ1n) is 7.13. The maximum absolute atomic E-state index is 5.05. The molecule has 0 aliphatic heterocycles. The van der Waals surface area contributed by atoms with Gasteiger partial charge in [-0.15, -0.1) is 11.8 Å². The van der Waals surface area contributed by atoms with Crippen molar-refractivity contribution in [1.29, 1.82) is 0 Å². The van der Waals surface area contributed by atoms with Crippen LogP contribution in [0.25, 0.3) is 0 Å². The SMILES string of the molecule is COCCCCSc1ccc(CNCC(C)C)cc1. The lowest BCUT2D eigenvalue weighted by molar-refractivity contribution is 0.194. The number of thioether (sulfide) groups is 1. The summed E-state index contributed by atoms with van der Waals surface area (Å²) in [5.41, 5.74) is 1.37. The van der Waals surface area contributed by atoms with Gasteiger partial charge in [-0.1, -0.05) is 26.0 Å². The fourth-order valence-electron chi connectivity index (χ4n) is 1.75. The molecule has 3 heteroatoms. The predicted octanol–water partition coefficient (Wildman–Crippen LogP) is 3.95. The lowest BCUT2D eigenvalue weighted by atomic mass is 10.2. The molecule has 0 radical (unpaired) electrons. The van der Waals surface area contributed by atoms with Gasteiger partial charge in [-0.25, -0.2) is 0 Å². The summed E-state index contributed by atoms with van der Waals surface area (Å²) < 4.78 is 5.05. The van der Waals surface area contributed by atoms with Crippen molar-refractivity contribution in [2.75, 3.05) is 26.0 Å². The molecule has 1 rings (SSSR count). The minimum atomic E-state index is 0.710. The summed E-state index contributed by atoms with van der Waals surface area (Å²) in [6.45, 7) is 7.39. The van der Waals surface area contributed by atoms with E-state index in [1.807, 2.05) is 11.8 Å². The zero-order valence-electron chi connectivity index (χ0n) is 12.4. The summed E-state index contributed by atoms with van der Waals surface area (Å²) in [5, 5.41) is 3.47. The first-order valence-corrected chi connectivity index (χ1v) is 8.12. The average molecular weight is 281 g/mol. The summed E-state index contributed by atoms with van der Waals surface area (Å²) in [7, 11) is 1.76. The van der Waals surface area contributed by atoms with E-state index in [-0.39, 0.29) is 0 Å². The van der Waals surface area contributed by atoms with Gasteiger partial charge < -0.3 is 10.1 Å². The number of rotatable bonds is 10. The van der Waals surface area contributed by atoms with Crippen LogP contribution in [-0.4, -0.2) is 26.0 Å². The van der Waals surface area contributed by atoms with E-state index in [0.29, 0.717) is 5.92 Å². The molecule has 0 spiro atoms. The maximum Gasteiger partial charge on any atom is 0.0462 e. The molecular formula is C16H27NOS. The van der Waals surface area contributed by atoms with E-state index in [0.717, 1.165) is 26.1 Å². The molecular weight excluding hydrogens is 254 g/mol. The van der Waals surface area contributed by atoms with Crippen LogP contribution >= 0.6 is 11.8 Å². The average Bonchev–Trinajstić information content (AvgIpc) is 2.40. The van der Waals surface area contributed by atoms with Crippen molar-refractivity contribution in [3.05, 3.63) is 29.8 Å². The van der Waals surface area contributed by atoms with E-state index < -0.39 is 0 Å². The lowest BCUT2D eigenvalue weighted by Gasteiger charge is -2.08. The van der Waals surface area contributed by atoms with E-state index in [2.05, 4.69) is 43.4 Å². The summed E-state index contributed by atoms with van der Waals surface area (Å²) in [6.07, 6.45) is 2.37. The van der Waals surface area contributed by atoms with Crippen LogP contribution in [0.15, 0.2) is 29.2 Å². The quantitative estimate of drug-likeness (QED) is 0.518. The van der Waals surface area contributed by atoms with Crippen LogP contribution in [0.4, 0.5) is 0 Å². The summed E-state index contributed by atoms with van der Waals surface area (Å²) >= 11 is 1.93. The highest BCUT2D eigenvalue weighted by atomic mass is 32.2. The van der Waals surface area contributed by atoms with Gasteiger partial charge in [0.15, 0.2) is 0 Å². The van der Waals surface area contributed by atoms with Crippen LogP contribution in [0.3, 0.4) is 0 Å². The molecule has 0 bridgehead atoms. The number of methoxy groups -OCH3 is 1. The molecule has 0 atom stereocenters. The second kappa shape index (κ2) is 10.3. The second-order valence-corrected chi connectivity index (χ2v) is 6.39. The van der Waals surface area contributed by atoms with Crippen molar-refractivity contribution >= 4 is 11.8 Å². The van der Waals surface area contributed by atoms with Crippen molar-refractivity contribution in [3.63, 3.8) is 0 Å². The van der Waals surface area contributed by atoms with E-state index in [4.69, 9.17) is 4.74 Å². The molecule has 0 unspecified atom stereocenters. The highest BCUT2D eigenvalue weighted by molar-refractivity contribution is 7.99. The Morgan fingerprint density at radius 1 is 1.16 bits per heavy atom. The molecule has 0 amide bonds.